The first-order valence-corrected chi connectivity index (χ1v) is 7.74. The van der Waals surface area contributed by atoms with Crippen LogP contribution in [0.2, 0.25) is 0 Å². The van der Waals surface area contributed by atoms with E-state index in [0.29, 0.717) is 24.0 Å². The van der Waals surface area contributed by atoms with Crippen LogP contribution in [-0.2, 0) is 0 Å². The molecule has 0 heterocycles. The van der Waals surface area contributed by atoms with Crippen LogP contribution < -0.4 is 4.74 Å². The zero-order valence-corrected chi connectivity index (χ0v) is 12.0. The fourth-order valence-corrected chi connectivity index (χ4v) is 3.74. The van der Waals surface area contributed by atoms with E-state index in [1.165, 1.54) is 18.4 Å². The number of aromatic hydroxyl groups is 1. The lowest BCUT2D eigenvalue weighted by Crippen LogP contribution is -2.23. The first-order valence-electron chi connectivity index (χ1n) is 7.74. The average molecular weight is 274 g/mol. The van der Waals surface area contributed by atoms with Crippen LogP contribution in [0.1, 0.15) is 78.8 Å². The van der Waals surface area contributed by atoms with E-state index < -0.39 is 0 Å². The minimum Gasteiger partial charge on any atom is -0.507 e. The van der Waals surface area contributed by atoms with Gasteiger partial charge in [0.2, 0.25) is 0 Å². The lowest BCUT2D eigenvalue weighted by Gasteiger charge is -2.39. The number of phenols is 1. The zero-order chi connectivity index (χ0) is 14.1. The highest BCUT2D eigenvalue weighted by atomic mass is 16.5. The molecule has 3 heteroatoms. The lowest BCUT2D eigenvalue weighted by molar-refractivity contribution is 0.112. The van der Waals surface area contributed by atoms with E-state index in [2.05, 4.69) is 6.92 Å². The van der Waals surface area contributed by atoms with Crippen molar-refractivity contribution in [1.82, 2.24) is 0 Å². The number of carbonyl (C=O) groups excluding carboxylic acids is 1. The van der Waals surface area contributed by atoms with E-state index in [0.717, 1.165) is 43.3 Å². The summed E-state index contributed by atoms with van der Waals surface area (Å²) < 4.78 is 5.92. The number of unbranched alkanes of at least 4 members (excludes halogenated alkanes) is 1. The van der Waals surface area contributed by atoms with Gasteiger partial charge < -0.3 is 9.84 Å². The number of aldehydes is 1. The fourth-order valence-electron chi connectivity index (χ4n) is 3.74. The van der Waals surface area contributed by atoms with Crippen LogP contribution >= 0.6 is 0 Å². The molecule has 0 unspecified atom stereocenters. The molecule has 0 aromatic heterocycles. The quantitative estimate of drug-likeness (QED) is 0.648. The predicted octanol–water partition coefficient (Wildman–Crippen LogP) is 4.14. The van der Waals surface area contributed by atoms with Gasteiger partial charge in [0.1, 0.15) is 11.5 Å². The second kappa shape index (κ2) is 5.47. The van der Waals surface area contributed by atoms with Crippen molar-refractivity contribution in [3.8, 4) is 11.5 Å². The van der Waals surface area contributed by atoms with E-state index >= 15 is 0 Å². The van der Waals surface area contributed by atoms with Gasteiger partial charge in [0, 0.05) is 11.1 Å². The molecule has 0 saturated heterocycles. The standard InChI is InChI=1S/C17H22O3/c1-2-3-8-20-14-9-13(10-18)17(19)16-12-6-4-11(5-7-12)15(14)16/h9-12,19H,2-8H2,1H3. The highest BCUT2D eigenvalue weighted by Crippen LogP contribution is 2.55. The number of ether oxygens (including phenoxy) is 1. The van der Waals surface area contributed by atoms with E-state index in [-0.39, 0.29) is 5.75 Å². The van der Waals surface area contributed by atoms with Gasteiger partial charge in [-0.3, -0.25) is 4.79 Å². The Labute approximate surface area is 120 Å². The summed E-state index contributed by atoms with van der Waals surface area (Å²) >= 11 is 0. The van der Waals surface area contributed by atoms with Crippen LogP contribution in [0.15, 0.2) is 6.07 Å². The predicted molar refractivity (Wildman–Crippen MR) is 77.8 cm³/mol. The molecular weight excluding hydrogens is 252 g/mol. The summed E-state index contributed by atoms with van der Waals surface area (Å²) in [5, 5.41) is 10.4. The summed E-state index contributed by atoms with van der Waals surface area (Å²) in [6, 6.07) is 1.73. The molecule has 4 rings (SSSR count). The van der Waals surface area contributed by atoms with E-state index in [9.17, 15) is 9.90 Å². The van der Waals surface area contributed by atoms with Crippen molar-refractivity contribution in [3.63, 3.8) is 0 Å². The number of hydrogen-bond donors (Lipinski definition) is 1. The van der Waals surface area contributed by atoms with Gasteiger partial charge in [0.05, 0.1) is 12.2 Å². The minimum atomic E-state index is 0.201. The monoisotopic (exact) mass is 274 g/mol. The molecule has 1 fully saturated rings. The number of benzene rings is 1. The largest absolute Gasteiger partial charge is 0.507 e. The normalized spacial score (nSPS) is 23.4. The molecule has 3 nitrogen and oxygen atoms in total. The Kier molecular flexibility index (Phi) is 3.68. The summed E-state index contributed by atoms with van der Waals surface area (Å²) in [7, 11) is 0. The van der Waals surface area contributed by atoms with Gasteiger partial charge in [-0.05, 0) is 50.0 Å². The molecule has 1 N–H and O–H groups in total. The third-order valence-corrected chi connectivity index (χ3v) is 4.80. The molecule has 3 aliphatic rings. The summed E-state index contributed by atoms with van der Waals surface area (Å²) in [6.07, 6.45) is 7.46. The van der Waals surface area contributed by atoms with Crippen LogP contribution in [-0.4, -0.2) is 18.0 Å². The van der Waals surface area contributed by atoms with E-state index in [1.807, 2.05) is 0 Å². The molecule has 1 aromatic rings. The number of rotatable bonds is 5. The maximum absolute atomic E-state index is 11.2. The Morgan fingerprint density at radius 3 is 2.50 bits per heavy atom. The van der Waals surface area contributed by atoms with Crippen molar-refractivity contribution in [2.75, 3.05) is 6.61 Å². The SMILES string of the molecule is CCCCOc1cc(C=O)c(O)c2c1C1CCC2CC1. The Bertz CT molecular complexity index is 513. The second-order valence-electron chi connectivity index (χ2n) is 6.01. The molecule has 3 aliphatic carbocycles. The third kappa shape index (κ3) is 2.09. The van der Waals surface area contributed by atoms with Gasteiger partial charge >= 0.3 is 0 Å². The van der Waals surface area contributed by atoms with Crippen molar-refractivity contribution in [1.29, 1.82) is 0 Å². The highest BCUT2D eigenvalue weighted by molar-refractivity contribution is 5.82. The molecule has 108 valence electrons. The van der Waals surface area contributed by atoms with Gasteiger partial charge in [0.25, 0.3) is 0 Å². The topological polar surface area (TPSA) is 46.5 Å². The Balaban J connectivity index is 2.05. The first kappa shape index (κ1) is 13.5. The molecule has 20 heavy (non-hydrogen) atoms. The van der Waals surface area contributed by atoms with Crippen LogP contribution in [0.25, 0.3) is 0 Å². The first-order chi connectivity index (χ1) is 9.76. The molecular formula is C17H22O3. The van der Waals surface area contributed by atoms with Gasteiger partial charge in [-0.25, -0.2) is 0 Å². The molecule has 0 amide bonds. The zero-order valence-electron chi connectivity index (χ0n) is 12.0. The summed E-state index contributed by atoms with van der Waals surface area (Å²) in [5.41, 5.74) is 2.57. The molecule has 1 saturated carbocycles. The average Bonchev–Trinajstić information content (AvgIpc) is 2.50. The van der Waals surface area contributed by atoms with Crippen molar-refractivity contribution in [2.45, 2.75) is 57.3 Å². The Hall–Kier alpha value is -1.51. The van der Waals surface area contributed by atoms with Gasteiger partial charge in [-0.15, -0.1) is 0 Å². The number of hydrogen-bond acceptors (Lipinski definition) is 3. The fraction of sp³-hybridized carbons (Fsp3) is 0.588. The minimum absolute atomic E-state index is 0.201. The summed E-state index contributed by atoms with van der Waals surface area (Å²) in [6.45, 7) is 2.82. The molecule has 1 aromatic carbocycles. The maximum atomic E-state index is 11.2. The van der Waals surface area contributed by atoms with Crippen LogP contribution in [0, 0.1) is 0 Å². The Morgan fingerprint density at radius 2 is 1.90 bits per heavy atom. The highest BCUT2D eigenvalue weighted by Gasteiger charge is 2.38. The third-order valence-electron chi connectivity index (χ3n) is 4.80. The van der Waals surface area contributed by atoms with Crippen molar-refractivity contribution in [3.05, 3.63) is 22.8 Å². The molecule has 0 spiro atoms. The lowest BCUT2D eigenvalue weighted by atomic mass is 9.66. The number of carbonyl (C=O) groups is 1. The Morgan fingerprint density at radius 1 is 1.25 bits per heavy atom. The number of fused-ring (bicyclic) bond motifs is 2. The summed E-state index contributed by atoms with van der Waals surface area (Å²) in [4.78, 5) is 11.2. The number of phenolic OH excluding ortho intramolecular Hbond substituents is 1. The van der Waals surface area contributed by atoms with Gasteiger partial charge in [0.15, 0.2) is 6.29 Å². The van der Waals surface area contributed by atoms with Crippen LogP contribution in [0.5, 0.6) is 11.5 Å². The molecule has 0 radical (unpaired) electrons. The van der Waals surface area contributed by atoms with E-state index in [4.69, 9.17) is 4.74 Å². The molecule has 2 bridgehead atoms. The van der Waals surface area contributed by atoms with Gasteiger partial charge in [-0.2, -0.15) is 0 Å². The van der Waals surface area contributed by atoms with Gasteiger partial charge in [-0.1, -0.05) is 13.3 Å². The van der Waals surface area contributed by atoms with Crippen LogP contribution in [0.3, 0.4) is 0 Å². The van der Waals surface area contributed by atoms with Crippen molar-refractivity contribution >= 4 is 6.29 Å². The molecule has 0 aliphatic heterocycles. The van der Waals surface area contributed by atoms with E-state index in [1.54, 1.807) is 6.07 Å². The maximum Gasteiger partial charge on any atom is 0.153 e. The van der Waals surface area contributed by atoms with Crippen molar-refractivity contribution < 1.29 is 14.6 Å². The smallest absolute Gasteiger partial charge is 0.153 e. The van der Waals surface area contributed by atoms with Crippen molar-refractivity contribution in [2.24, 2.45) is 0 Å². The van der Waals surface area contributed by atoms with Crippen LogP contribution in [0.4, 0.5) is 0 Å². The summed E-state index contributed by atoms with van der Waals surface area (Å²) in [5.74, 6) is 1.94. The molecule has 0 atom stereocenters. The second-order valence-corrected chi connectivity index (χ2v) is 6.01.